The standard InChI is InChI=1S/C19H14ClNO5/c1-24-18(22)15-4-2-3-5-16(15)19(23)25-11-14-10-17(26-21-14)12-6-8-13(20)9-7-12/h2-10H,11H2,1H3. The van der Waals surface area contributed by atoms with Crippen molar-refractivity contribution in [2.45, 2.75) is 6.61 Å². The number of esters is 2. The Kier molecular flexibility index (Phi) is 5.34. The molecule has 0 bridgehead atoms. The van der Waals surface area contributed by atoms with Crippen molar-refractivity contribution in [3.8, 4) is 11.3 Å². The van der Waals surface area contributed by atoms with E-state index in [2.05, 4.69) is 9.89 Å². The summed E-state index contributed by atoms with van der Waals surface area (Å²) in [6.45, 7) is -0.0918. The second-order valence-corrected chi connectivity index (χ2v) is 5.74. The Morgan fingerprint density at radius 1 is 1.04 bits per heavy atom. The van der Waals surface area contributed by atoms with E-state index in [0.717, 1.165) is 5.56 Å². The van der Waals surface area contributed by atoms with Gasteiger partial charge in [-0.25, -0.2) is 9.59 Å². The second kappa shape index (κ2) is 7.84. The Labute approximate surface area is 154 Å². The number of benzene rings is 2. The first-order valence-corrected chi connectivity index (χ1v) is 8.02. The van der Waals surface area contributed by atoms with Gasteiger partial charge in [-0.3, -0.25) is 0 Å². The summed E-state index contributed by atoms with van der Waals surface area (Å²) in [6, 6.07) is 15.0. The van der Waals surface area contributed by atoms with Crippen LogP contribution in [0, 0.1) is 0 Å². The van der Waals surface area contributed by atoms with Crippen LogP contribution in [-0.4, -0.2) is 24.2 Å². The molecular formula is C19H14ClNO5. The summed E-state index contributed by atoms with van der Waals surface area (Å²) in [7, 11) is 1.25. The lowest BCUT2D eigenvalue weighted by atomic mass is 10.1. The van der Waals surface area contributed by atoms with Crippen LogP contribution in [0.3, 0.4) is 0 Å². The summed E-state index contributed by atoms with van der Waals surface area (Å²) < 4.78 is 15.1. The van der Waals surface area contributed by atoms with Gasteiger partial charge in [-0.05, 0) is 36.4 Å². The molecule has 0 fully saturated rings. The van der Waals surface area contributed by atoms with E-state index in [9.17, 15) is 9.59 Å². The number of aromatic nitrogens is 1. The maximum absolute atomic E-state index is 12.3. The Morgan fingerprint density at radius 2 is 1.69 bits per heavy atom. The summed E-state index contributed by atoms with van der Waals surface area (Å²) in [6.07, 6.45) is 0. The molecule has 1 aromatic heterocycles. The van der Waals surface area contributed by atoms with Gasteiger partial charge in [0.15, 0.2) is 5.76 Å². The number of ether oxygens (including phenoxy) is 2. The predicted octanol–water partition coefficient (Wildman–Crippen LogP) is 4.14. The number of halogens is 1. The van der Waals surface area contributed by atoms with Crippen molar-refractivity contribution in [2.75, 3.05) is 7.11 Å². The molecule has 0 unspecified atom stereocenters. The van der Waals surface area contributed by atoms with Crippen LogP contribution in [0.25, 0.3) is 11.3 Å². The molecule has 132 valence electrons. The molecule has 0 spiro atoms. The Hall–Kier alpha value is -3.12. The lowest BCUT2D eigenvalue weighted by Gasteiger charge is -2.07. The summed E-state index contributed by atoms with van der Waals surface area (Å²) in [5.41, 5.74) is 1.51. The maximum atomic E-state index is 12.3. The van der Waals surface area contributed by atoms with Crippen LogP contribution in [-0.2, 0) is 16.1 Å². The molecule has 7 heteroatoms. The topological polar surface area (TPSA) is 78.6 Å². The molecule has 2 aromatic carbocycles. The van der Waals surface area contributed by atoms with Crippen LogP contribution in [0.2, 0.25) is 5.02 Å². The van der Waals surface area contributed by atoms with Gasteiger partial charge in [0.25, 0.3) is 0 Å². The van der Waals surface area contributed by atoms with Crippen molar-refractivity contribution >= 4 is 23.5 Å². The summed E-state index contributed by atoms with van der Waals surface area (Å²) in [5.74, 6) is -0.728. The zero-order chi connectivity index (χ0) is 18.5. The first-order chi connectivity index (χ1) is 12.6. The Bertz CT molecular complexity index is 933. The van der Waals surface area contributed by atoms with Crippen LogP contribution in [0.15, 0.2) is 59.1 Å². The molecular weight excluding hydrogens is 358 g/mol. The van der Waals surface area contributed by atoms with Gasteiger partial charge in [-0.2, -0.15) is 0 Å². The van der Waals surface area contributed by atoms with Crippen LogP contribution < -0.4 is 0 Å². The average molecular weight is 372 g/mol. The molecule has 0 aliphatic carbocycles. The van der Waals surface area contributed by atoms with Crippen LogP contribution in [0.4, 0.5) is 0 Å². The quantitative estimate of drug-likeness (QED) is 0.627. The number of carbonyl (C=O) groups is 2. The molecule has 6 nitrogen and oxygen atoms in total. The van der Waals surface area contributed by atoms with Crippen molar-refractivity contribution < 1.29 is 23.6 Å². The summed E-state index contributed by atoms with van der Waals surface area (Å²) >= 11 is 5.86. The third kappa shape index (κ3) is 3.92. The molecule has 0 saturated heterocycles. The van der Waals surface area contributed by atoms with E-state index in [4.69, 9.17) is 20.9 Å². The van der Waals surface area contributed by atoms with Gasteiger partial charge in [0.05, 0.1) is 18.2 Å². The fraction of sp³-hybridized carbons (Fsp3) is 0.105. The van der Waals surface area contributed by atoms with E-state index < -0.39 is 11.9 Å². The number of methoxy groups -OCH3 is 1. The molecule has 1 heterocycles. The molecule has 26 heavy (non-hydrogen) atoms. The van der Waals surface area contributed by atoms with E-state index in [1.54, 1.807) is 42.5 Å². The van der Waals surface area contributed by atoms with Gasteiger partial charge in [0.1, 0.15) is 12.3 Å². The largest absolute Gasteiger partial charge is 0.465 e. The Morgan fingerprint density at radius 3 is 2.35 bits per heavy atom. The zero-order valence-corrected chi connectivity index (χ0v) is 14.5. The van der Waals surface area contributed by atoms with Crippen molar-refractivity contribution in [2.24, 2.45) is 0 Å². The van der Waals surface area contributed by atoms with E-state index in [-0.39, 0.29) is 17.7 Å². The third-order valence-electron chi connectivity index (χ3n) is 3.59. The highest BCUT2D eigenvalue weighted by Gasteiger charge is 2.19. The van der Waals surface area contributed by atoms with Gasteiger partial charge < -0.3 is 14.0 Å². The fourth-order valence-electron chi connectivity index (χ4n) is 2.30. The molecule has 0 aliphatic heterocycles. The smallest absolute Gasteiger partial charge is 0.339 e. The molecule has 0 atom stereocenters. The fourth-order valence-corrected chi connectivity index (χ4v) is 2.42. The lowest BCUT2D eigenvalue weighted by Crippen LogP contribution is -2.12. The van der Waals surface area contributed by atoms with E-state index >= 15 is 0 Å². The second-order valence-electron chi connectivity index (χ2n) is 5.30. The summed E-state index contributed by atoms with van der Waals surface area (Å²) in [5, 5.41) is 4.49. The SMILES string of the molecule is COC(=O)c1ccccc1C(=O)OCc1cc(-c2ccc(Cl)cc2)on1. The van der Waals surface area contributed by atoms with Gasteiger partial charge in [0, 0.05) is 16.7 Å². The normalized spacial score (nSPS) is 10.4. The van der Waals surface area contributed by atoms with Crippen molar-refractivity contribution in [1.82, 2.24) is 5.16 Å². The zero-order valence-electron chi connectivity index (χ0n) is 13.8. The minimum Gasteiger partial charge on any atom is -0.465 e. The number of nitrogens with zero attached hydrogens (tertiary/aromatic N) is 1. The first kappa shape index (κ1) is 17.7. The molecule has 0 aliphatic rings. The predicted molar refractivity (Wildman–Crippen MR) is 93.9 cm³/mol. The van der Waals surface area contributed by atoms with Crippen molar-refractivity contribution in [1.29, 1.82) is 0 Å². The van der Waals surface area contributed by atoms with E-state index in [1.807, 2.05) is 0 Å². The number of carbonyl (C=O) groups excluding carboxylic acids is 2. The average Bonchev–Trinajstić information content (AvgIpc) is 3.15. The highest BCUT2D eigenvalue weighted by atomic mass is 35.5. The highest BCUT2D eigenvalue weighted by Crippen LogP contribution is 2.22. The number of hydrogen-bond donors (Lipinski definition) is 0. The molecule has 3 aromatic rings. The minimum atomic E-state index is -0.651. The van der Waals surface area contributed by atoms with Crippen LogP contribution in [0.5, 0.6) is 0 Å². The number of hydrogen-bond acceptors (Lipinski definition) is 6. The van der Waals surface area contributed by atoms with Crippen molar-refractivity contribution in [3.63, 3.8) is 0 Å². The first-order valence-electron chi connectivity index (χ1n) is 7.64. The minimum absolute atomic E-state index is 0.0918. The van der Waals surface area contributed by atoms with Gasteiger partial charge >= 0.3 is 11.9 Å². The third-order valence-corrected chi connectivity index (χ3v) is 3.84. The molecule has 0 radical (unpaired) electrons. The Balaban J connectivity index is 1.69. The molecule has 0 saturated carbocycles. The number of rotatable bonds is 5. The van der Waals surface area contributed by atoms with Gasteiger partial charge in [-0.15, -0.1) is 0 Å². The monoisotopic (exact) mass is 371 g/mol. The molecule has 0 amide bonds. The van der Waals surface area contributed by atoms with Gasteiger partial charge in [0.2, 0.25) is 0 Å². The summed E-state index contributed by atoms with van der Waals surface area (Å²) in [4.78, 5) is 24.0. The van der Waals surface area contributed by atoms with E-state index in [0.29, 0.717) is 16.5 Å². The lowest BCUT2D eigenvalue weighted by molar-refractivity contribution is 0.0450. The van der Waals surface area contributed by atoms with E-state index in [1.165, 1.54) is 19.2 Å². The van der Waals surface area contributed by atoms with Crippen LogP contribution in [0.1, 0.15) is 26.4 Å². The van der Waals surface area contributed by atoms with Crippen molar-refractivity contribution in [3.05, 3.63) is 76.4 Å². The highest BCUT2D eigenvalue weighted by molar-refractivity contribution is 6.30. The molecule has 0 N–H and O–H groups in total. The molecule has 3 rings (SSSR count). The van der Waals surface area contributed by atoms with Gasteiger partial charge in [-0.1, -0.05) is 28.9 Å². The maximum Gasteiger partial charge on any atom is 0.339 e. The van der Waals surface area contributed by atoms with Crippen LogP contribution >= 0.6 is 11.6 Å².